The summed E-state index contributed by atoms with van der Waals surface area (Å²) < 4.78 is 7.01. The van der Waals surface area contributed by atoms with Crippen LogP contribution in [0.4, 0.5) is 0 Å². The van der Waals surface area contributed by atoms with Gasteiger partial charge in [-0.3, -0.25) is 4.79 Å². The van der Waals surface area contributed by atoms with Crippen molar-refractivity contribution in [3.8, 4) is 0 Å². The molecule has 1 heterocycles. The molecule has 0 unspecified atom stereocenters. The van der Waals surface area contributed by atoms with E-state index in [1.807, 2.05) is 6.07 Å². The van der Waals surface area contributed by atoms with Gasteiger partial charge in [-0.25, -0.2) is 0 Å². The van der Waals surface area contributed by atoms with Crippen molar-refractivity contribution in [3.05, 3.63) is 34.2 Å². The highest BCUT2D eigenvalue weighted by Gasteiger charge is 1.96. The van der Waals surface area contributed by atoms with Crippen molar-refractivity contribution < 1.29 is 4.74 Å². The number of rotatable bonds is 6. The zero-order valence-electron chi connectivity index (χ0n) is 9.53. The molecule has 0 atom stereocenters. The Kier molecular flexibility index (Phi) is 5.12. The fourth-order valence-corrected chi connectivity index (χ4v) is 1.28. The van der Waals surface area contributed by atoms with Gasteiger partial charge in [-0.05, 0) is 24.5 Å². The lowest BCUT2D eigenvalue weighted by Gasteiger charge is -2.04. The zero-order valence-corrected chi connectivity index (χ0v) is 9.53. The molecule has 0 spiro atoms. The Morgan fingerprint density at radius 3 is 2.87 bits per heavy atom. The molecule has 0 amide bonds. The summed E-state index contributed by atoms with van der Waals surface area (Å²) in [5, 5.41) is 0. The summed E-state index contributed by atoms with van der Waals surface area (Å²) in [5.74, 6) is 0. The van der Waals surface area contributed by atoms with Gasteiger partial charge in [0.25, 0.3) is 5.56 Å². The van der Waals surface area contributed by atoms with Gasteiger partial charge in [-0.2, -0.15) is 0 Å². The first-order chi connectivity index (χ1) is 7.24. The van der Waals surface area contributed by atoms with E-state index in [1.165, 1.54) is 0 Å². The second-order valence-electron chi connectivity index (χ2n) is 3.70. The van der Waals surface area contributed by atoms with Gasteiger partial charge in [0.2, 0.25) is 0 Å². The SMILES string of the molecule is CCCCOCCc1ccn(C)c(=O)c1. The van der Waals surface area contributed by atoms with E-state index in [4.69, 9.17) is 4.74 Å². The molecule has 3 heteroatoms. The Morgan fingerprint density at radius 2 is 2.20 bits per heavy atom. The molecule has 0 N–H and O–H groups in total. The van der Waals surface area contributed by atoms with Gasteiger partial charge < -0.3 is 9.30 Å². The first kappa shape index (κ1) is 12.0. The second kappa shape index (κ2) is 6.40. The molecule has 15 heavy (non-hydrogen) atoms. The van der Waals surface area contributed by atoms with Gasteiger partial charge in [0, 0.05) is 25.9 Å². The number of nitrogens with zero attached hydrogens (tertiary/aromatic N) is 1. The quantitative estimate of drug-likeness (QED) is 0.668. The maximum absolute atomic E-state index is 11.3. The minimum atomic E-state index is 0.0426. The van der Waals surface area contributed by atoms with Crippen LogP contribution in [0.15, 0.2) is 23.1 Å². The molecule has 0 aliphatic carbocycles. The van der Waals surface area contributed by atoms with E-state index in [1.54, 1.807) is 23.9 Å². The first-order valence-electron chi connectivity index (χ1n) is 5.47. The van der Waals surface area contributed by atoms with Crippen LogP contribution in [0.5, 0.6) is 0 Å². The summed E-state index contributed by atoms with van der Waals surface area (Å²) in [6, 6.07) is 3.63. The second-order valence-corrected chi connectivity index (χ2v) is 3.70. The van der Waals surface area contributed by atoms with Crippen LogP contribution in [0.1, 0.15) is 25.3 Å². The maximum atomic E-state index is 11.3. The smallest absolute Gasteiger partial charge is 0.250 e. The van der Waals surface area contributed by atoms with Crippen molar-refractivity contribution >= 4 is 0 Å². The van der Waals surface area contributed by atoms with E-state index in [2.05, 4.69) is 6.92 Å². The molecular formula is C12H19NO2. The van der Waals surface area contributed by atoms with Crippen molar-refractivity contribution in [1.29, 1.82) is 0 Å². The molecule has 3 nitrogen and oxygen atoms in total. The zero-order chi connectivity index (χ0) is 11.1. The lowest BCUT2D eigenvalue weighted by Crippen LogP contribution is -2.15. The minimum absolute atomic E-state index is 0.0426. The van der Waals surface area contributed by atoms with Crippen LogP contribution in [0.3, 0.4) is 0 Å². The standard InChI is InChI=1S/C12H19NO2/c1-3-4-8-15-9-6-11-5-7-13(2)12(14)10-11/h5,7,10H,3-4,6,8-9H2,1-2H3. The molecule has 0 radical (unpaired) electrons. The van der Waals surface area contributed by atoms with Crippen LogP contribution in [-0.2, 0) is 18.2 Å². The Bertz CT molecular complexity index is 344. The monoisotopic (exact) mass is 209 g/mol. The molecule has 1 aromatic rings. The van der Waals surface area contributed by atoms with Gasteiger partial charge in [0.1, 0.15) is 0 Å². The van der Waals surface area contributed by atoms with E-state index in [-0.39, 0.29) is 5.56 Å². The van der Waals surface area contributed by atoms with Crippen LogP contribution in [0.2, 0.25) is 0 Å². The van der Waals surface area contributed by atoms with Gasteiger partial charge in [-0.1, -0.05) is 13.3 Å². The molecule has 84 valence electrons. The number of hydrogen-bond acceptors (Lipinski definition) is 2. The predicted molar refractivity (Wildman–Crippen MR) is 61.1 cm³/mol. The molecule has 1 rings (SSSR count). The van der Waals surface area contributed by atoms with E-state index < -0.39 is 0 Å². The Labute approximate surface area is 90.7 Å². The van der Waals surface area contributed by atoms with Crippen LogP contribution < -0.4 is 5.56 Å². The number of pyridine rings is 1. The Balaban J connectivity index is 2.32. The van der Waals surface area contributed by atoms with Crippen molar-refractivity contribution in [2.24, 2.45) is 7.05 Å². The van der Waals surface area contributed by atoms with Crippen molar-refractivity contribution in [3.63, 3.8) is 0 Å². The molecule has 0 saturated heterocycles. The minimum Gasteiger partial charge on any atom is -0.381 e. The van der Waals surface area contributed by atoms with E-state index in [0.29, 0.717) is 6.61 Å². The molecule has 0 aromatic carbocycles. The topological polar surface area (TPSA) is 31.2 Å². The van der Waals surface area contributed by atoms with Gasteiger partial charge in [0.05, 0.1) is 6.61 Å². The summed E-state index contributed by atoms with van der Waals surface area (Å²) in [5.41, 5.74) is 1.09. The Morgan fingerprint density at radius 1 is 1.40 bits per heavy atom. The maximum Gasteiger partial charge on any atom is 0.250 e. The molecule has 0 bridgehead atoms. The summed E-state index contributed by atoms with van der Waals surface area (Å²) in [6.45, 7) is 3.67. The summed E-state index contributed by atoms with van der Waals surface area (Å²) in [4.78, 5) is 11.3. The van der Waals surface area contributed by atoms with Crippen LogP contribution in [-0.4, -0.2) is 17.8 Å². The van der Waals surface area contributed by atoms with Crippen LogP contribution in [0, 0.1) is 0 Å². The average Bonchev–Trinajstić information content (AvgIpc) is 2.23. The number of ether oxygens (including phenoxy) is 1. The third-order valence-electron chi connectivity index (χ3n) is 2.35. The highest BCUT2D eigenvalue weighted by atomic mass is 16.5. The first-order valence-corrected chi connectivity index (χ1v) is 5.47. The molecule has 0 aliphatic heterocycles. The van der Waals surface area contributed by atoms with Gasteiger partial charge in [-0.15, -0.1) is 0 Å². The van der Waals surface area contributed by atoms with E-state index in [0.717, 1.165) is 31.4 Å². The molecular weight excluding hydrogens is 190 g/mol. The van der Waals surface area contributed by atoms with Crippen molar-refractivity contribution in [1.82, 2.24) is 4.57 Å². The number of aromatic nitrogens is 1. The number of hydrogen-bond donors (Lipinski definition) is 0. The van der Waals surface area contributed by atoms with Crippen LogP contribution >= 0.6 is 0 Å². The number of unbranched alkanes of at least 4 members (excludes halogenated alkanes) is 1. The van der Waals surface area contributed by atoms with Gasteiger partial charge in [0.15, 0.2) is 0 Å². The summed E-state index contributed by atoms with van der Waals surface area (Å²) >= 11 is 0. The molecule has 1 aromatic heterocycles. The summed E-state index contributed by atoms with van der Waals surface area (Å²) in [6.07, 6.45) is 4.88. The third kappa shape index (κ3) is 4.30. The molecule has 0 fully saturated rings. The van der Waals surface area contributed by atoms with Crippen molar-refractivity contribution in [2.45, 2.75) is 26.2 Å². The predicted octanol–water partition coefficient (Wildman–Crippen LogP) is 1.74. The van der Waals surface area contributed by atoms with Crippen molar-refractivity contribution in [2.75, 3.05) is 13.2 Å². The Hall–Kier alpha value is -1.09. The van der Waals surface area contributed by atoms with E-state index in [9.17, 15) is 4.79 Å². The van der Waals surface area contributed by atoms with Gasteiger partial charge >= 0.3 is 0 Å². The highest BCUT2D eigenvalue weighted by molar-refractivity contribution is 5.10. The van der Waals surface area contributed by atoms with E-state index >= 15 is 0 Å². The fraction of sp³-hybridized carbons (Fsp3) is 0.583. The largest absolute Gasteiger partial charge is 0.381 e. The fourth-order valence-electron chi connectivity index (χ4n) is 1.28. The highest BCUT2D eigenvalue weighted by Crippen LogP contribution is 1.97. The van der Waals surface area contributed by atoms with Crippen LogP contribution in [0.25, 0.3) is 0 Å². The molecule has 0 aliphatic rings. The average molecular weight is 209 g/mol. The number of aryl methyl sites for hydroxylation is 1. The molecule has 0 saturated carbocycles. The summed E-state index contributed by atoms with van der Waals surface area (Å²) in [7, 11) is 1.75. The third-order valence-corrected chi connectivity index (χ3v) is 2.35. The lowest BCUT2D eigenvalue weighted by atomic mass is 10.2. The lowest BCUT2D eigenvalue weighted by molar-refractivity contribution is 0.134. The normalized spacial score (nSPS) is 10.5.